The van der Waals surface area contributed by atoms with Crippen molar-refractivity contribution in [3.63, 3.8) is 0 Å². The molecule has 24 heavy (non-hydrogen) atoms. The first-order valence-corrected chi connectivity index (χ1v) is 11.3. The third kappa shape index (κ3) is 2.72. The molecule has 0 heterocycles. The second-order valence-corrected chi connectivity index (χ2v) is 12.1. The number of hydrogen-bond donors (Lipinski definition) is 0. The third-order valence-corrected chi connectivity index (χ3v) is 11.3. The maximum atomic E-state index is 13.9. The number of benzene rings is 3. The van der Waals surface area contributed by atoms with E-state index in [2.05, 4.69) is 0 Å². The van der Waals surface area contributed by atoms with Crippen LogP contribution in [0.1, 0.15) is 5.56 Å². The number of hydrogen-bond acceptors (Lipinski definition) is 3. The van der Waals surface area contributed by atoms with Gasteiger partial charge in [0, 0.05) is 10.6 Å². The predicted octanol–water partition coefficient (Wildman–Crippen LogP) is 3.70. The molecule has 0 radical (unpaired) electrons. The van der Waals surface area contributed by atoms with E-state index in [1.807, 2.05) is 6.92 Å². The smallest absolute Gasteiger partial charge is 0.256 e. The second-order valence-electron chi connectivity index (χ2n) is 5.51. The Hall–Kier alpha value is -2.16. The standard InChI is InChI=1S/C19H17O3PS/c1-16-12-14-19(15-13-16)24(21,22)23(20,17-8-4-2-5-9-17)18-10-6-3-7-11-18/h2-15H,1H3. The number of aryl methyl sites for hydroxylation is 1. The Kier molecular flexibility index (Phi) is 4.44. The van der Waals surface area contributed by atoms with E-state index in [4.69, 9.17) is 0 Å². The summed E-state index contributed by atoms with van der Waals surface area (Å²) in [7, 11) is -4.07. The summed E-state index contributed by atoms with van der Waals surface area (Å²) in [6.45, 7) is 1.88. The maximum Gasteiger partial charge on any atom is 0.256 e. The van der Waals surface area contributed by atoms with Crippen molar-refractivity contribution in [3.8, 4) is 0 Å². The largest absolute Gasteiger partial charge is 0.296 e. The van der Waals surface area contributed by atoms with E-state index in [-0.39, 0.29) is 4.90 Å². The molecule has 5 heteroatoms. The summed E-state index contributed by atoms with van der Waals surface area (Å²) in [6, 6.07) is 23.3. The van der Waals surface area contributed by atoms with Crippen molar-refractivity contribution < 1.29 is 13.0 Å². The molecule has 3 aromatic carbocycles. The minimum absolute atomic E-state index is 0.0733. The van der Waals surface area contributed by atoms with Crippen LogP contribution in [0, 0.1) is 6.92 Å². The summed E-state index contributed by atoms with van der Waals surface area (Å²) in [5.41, 5.74) is 0.947. The Morgan fingerprint density at radius 1 is 0.667 bits per heavy atom. The average Bonchev–Trinajstić information content (AvgIpc) is 2.62. The minimum Gasteiger partial charge on any atom is -0.296 e. The van der Waals surface area contributed by atoms with Crippen LogP contribution >= 0.6 is 6.34 Å². The molecular formula is C19H17O3PS. The predicted molar refractivity (Wildman–Crippen MR) is 98.1 cm³/mol. The Bertz CT molecular complexity index is 936. The topological polar surface area (TPSA) is 51.2 Å². The van der Waals surface area contributed by atoms with Gasteiger partial charge in [0.05, 0.1) is 4.90 Å². The van der Waals surface area contributed by atoms with E-state index >= 15 is 0 Å². The Morgan fingerprint density at radius 3 is 1.50 bits per heavy atom. The molecule has 0 saturated heterocycles. The van der Waals surface area contributed by atoms with E-state index in [0.717, 1.165) is 5.56 Å². The molecule has 3 nitrogen and oxygen atoms in total. The van der Waals surface area contributed by atoms with Gasteiger partial charge in [-0.15, -0.1) is 0 Å². The summed E-state index contributed by atoms with van der Waals surface area (Å²) >= 11 is 0. The fourth-order valence-electron chi connectivity index (χ4n) is 2.53. The molecule has 0 aliphatic carbocycles. The zero-order chi connectivity index (χ0) is 17.2. The van der Waals surface area contributed by atoms with Gasteiger partial charge in [-0.05, 0) is 19.1 Å². The fraction of sp³-hybridized carbons (Fsp3) is 0.0526. The van der Waals surface area contributed by atoms with Crippen LogP contribution in [0.15, 0.2) is 89.8 Å². The molecule has 0 atom stereocenters. The highest BCUT2D eigenvalue weighted by Gasteiger charge is 2.42. The summed E-state index contributed by atoms with van der Waals surface area (Å²) in [5.74, 6) is 0. The van der Waals surface area contributed by atoms with Crippen LogP contribution in [-0.4, -0.2) is 8.42 Å². The van der Waals surface area contributed by atoms with Gasteiger partial charge < -0.3 is 0 Å². The highest BCUT2D eigenvalue weighted by atomic mass is 32.8. The Labute approximate surface area is 142 Å². The molecule has 0 saturated carbocycles. The van der Waals surface area contributed by atoms with Crippen molar-refractivity contribution in [2.75, 3.05) is 0 Å². The summed E-state index contributed by atoms with van der Waals surface area (Å²) in [4.78, 5) is 0.0733. The van der Waals surface area contributed by atoms with Crippen LogP contribution in [0.5, 0.6) is 0 Å². The van der Waals surface area contributed by atoms with Crippen molar-refractivity contribution in [3.05, 3.63) is 90.5 Å². The lowest BCUT2D eigenvalue weighted by molar-refractivity contribution is 0.580. The molecule has 0 aliphatic rings. The molecule has 0 amide bonds. The number of rotatable bonds is 4. The molecule has 0 aromatic heterocycles. The van der Waals surface area contributed by atoms with Gasteiger partial charge >= 0.3 is 0 Å². The molecule has 0 bridgehead atoms. The average molecular weight is 356 g/mol. The minimum atomic E-state index is -4.07. The van der Waals surface area contributed by atoms with Crippen molar-refractivity contribution >= 4 is 26.4 Å². The van der Waals surface area contributed by atoms with Gasteiger partial charge in [-0.3, -0.25) is 4.57 Å². The fourth-order valence-corrected chi connectivity index (χ4v) is 8.94. The molecular weight excluding hydrogens is 339 g/mol. The lowest BCUT2D eigenvalue weighted by atomic mass is 10.2. The van der Waals surface area contributed by atoms with Gasteiger partial charge in [0.15, 0.2) is 0 Å². The van der Waals surface area contributed by atoms with E-state index in [1.54, 1.807) is 72.8 Å². The highest BCUT2D eigenvalue weighted by Crippen LogP contribution is 2.53. The molecule has 0 aliphatic heterocycles. The zero-order valence-corrected chi connectivity index (χ0v) is 14.9. The van der Waals surface area contributed by atoms with Crippen molar-refractivity contribution in [2.24, 2.45) is 0 Å². The first-order chi connectivity index (χ1) is 11.5. The zero-order valence-electron chi connectivity index (χ0n) is 13.2. The molecule has 0 N–H and O–H groups in total. The van der Waals surface area contributed by atoms with Crippen LogP contribution in [0.25, 0.3) is 0 Å². The van der Waals surface area contributed by atoms with E-state index in [9.17, 15) is 13.0 Å². The highest BCUT2D eigenvalue weighted by molar-refractivity contribution is 8.57. The van der Waals surface area contributed by atoms with Crippen molar-refractivity contribution in [1.29, 1.82) is 0 Å². The summed E-state index contributed by atoms with van der Waals surface area (Å²) in [5, 5.41) is 0.633. The Balaban J connectivity index is 2.30. The van der Waals surface area contributed by atoms with Crippen LogP contribution < -0.4 is 10.6 Å². The molecule has 3 aromatic rings. The summed E-state index contributed by atoms with van der Waals surface area (Å²) in [6.07, 6.45) is -3.89. The molecule has 0 fully saturated rings. The van der Waals surface area contributed by atoms with Crippen molar-refractivity contribution in [2.45, 2.75) is 11.8 Å². The van der Waals surface area contributed by atoms with Crippen LogP contribution in [0.3, 0.4) is 0 Å². The second kappa shape index (κ2) is 6.39. The molecule has 0 unspecified atom stereocenters. The van der Waals surface area contributed by atoms with Gasteiger partial charge in [0.2, 0.25) is 9.46 Å². The SMILES string of the molecule is Cc1ccc(S(=O)(=O)P(=O)(c2ccccc2)c2ccccc2)cc1. The van der Waals surface area contributed by atoms with E-state index < -0.39 is 15.8 Å². The van der Waals surface area contributed by atoms with Crippen LogP contribution in [0.2, 0.25) is 0 Å². The van der Waals surface area contributed by atoms with Crippen molar-refractivity contribution in [1.82, 2.24) is 0 Å². The summed E-state index contributed by atoms with van der Waals surface area (Å²) < 4.78 is 40.5. The molecule has 3 rings (SSSR count). The third-order valence-electron chi connectivity index (χ3n) is 3.85. The van der Waals surface area contributed by atoms with Gasteiger partial charge in [-0.25, -0.2) is 8.42 Å². The molecule has 0 spiro atoms. The van der Waals surface area contributed by atoms with Gasteiger partial charge in [-0.1, -0.05) is 78.4 Å². The van der Waals surface area contributed by atoms with Gasteiger partial charge in [-0.2, -0.15) is 0 Å². The van der Waals surface area contributed by atoms with Gasteiger partial charge in [0.25, 0.3) is 6.34 Å². The lowest BCUT2D eigenvalue weighted by Gasteiger charge is -2.19. The van der Waals surface area contributed by atoms with Crippen LogP contribution in [0.4, 0.5) is 0 Å². The van der Waals surface area contributed by atoms with Crippen LogP contribution in [-0.2, 0) is 14.0 Å². The first-order valence-electron chi connectivity index (χ1n) is 7.49. The van der Waals surface area contributed by atoms with Gasteiger partial charge in [0.1, 0.15) is 0 Å². The first kappa shape index (κ1) is 16.7. The van der Waals surface area contributed by atoms with E-state index in [1.165, 1.54) is 12.1 Å². The normalized spacial score (nSPS) is 12.0. The lowest BCUT2D eigenvalue weighted by Crippen LogP contribution is -2.22. The Morgan fingerprint density at radius 2 is 1.08 bits per heavy atom. The quantitative estimate of drug-likeness (QED) is 0.670. The monoisotopic (exact) mass is 356 g/mol. The maximum absolute atomic E-state index is 13.9. The molecule has 122 valence electrons. The van der Waals surface area contributed by atoms with E-state index in [0.29, 0.717) is 10.6 Å².